The zero-order valence-electron chi connectivity index (χ0n) is 10.3. The smallest absolute Gasteiger partial charge is 0.303 e. The highest BCUT2D eigenvalue weighted by atomic mass is 16.4. The molecule has 0 radical (unpaired) electrons. The minimum Gasteiger partial charge on any atom is -0.481 e. The van der Waals surface area contributed by atoms with Crippen molar-refractivity contribution in [3.63, 3.8) is 0 Å². The minimum atomic E-state index is -0.716. The van der Waals surface area contributed by atoms with Crippen LogP contribution in [0.1, 0.15) is 19.3 Å². The molecular formula is C11H14N6O2. The normalized spacial score (nSPS) is 16.9. The van der Waals surface area contributed by atoms with Crippen molar-refractivity contribution in [3.8, 4) is 0 Å². The topological polar surface area (TPSA) is 96.5 Å². The van der Waals surface area contributed by atoms with Gasteiger partial charge in [-0.1, -0.05) is 0 Å². The lowest BCUT2D eigenvalue weighted by Crippen LogP contribution is -2.35. The average molecular weight is 262 g/mol. The van der Waals surface area contributed by atoms with Crippen LogP contribution in [0.15, 0.2) is 12.1 Å². The van der Waals surface area contributed by atoms with Gasteiger partial charge in [0.2, 0.25) is 0 Å². The van der Waals surface area contributed by atoms with Crippen LogP contribution in [-0.2, 0) is 4.79 Å². The minimum absolute atomic E-state index is 0.257. The van der Waals surface area contributed by atoms with Gasteiger partial charge in [0.15, 0.2) is 11.5 Å². The van der Waals surface area contributed by atoms with Gasteiger partial charge in [0, 0.05) is 19.5 Å². The molecule has 1 aliphatic rings. The fraction of sp³-hybridized carbons (Fsp3) is 0.545. The third kappa shape index (κ3) is 2.47. The maximum Gasteiger partial charge on any atom is 0.303 e. The highest BCUT2D eigenvalue weighted by Crippen LogP contribution is 2.23. The SMILES string of the molecule is O=C(O)CC1CCN(c2ccc3nnnn3n2)CC1. The Labute approximate surface area is 109 Å². The van der Waals surface area contributed by atoms with E-state index >= 15 is 0 Å². The summed E-state index contributed by atoms with van der Waals surface area (Å²) in [6, 6.07) is 3.72. The van der Waals surface area contributed by atoms with E-state index in [1.165, 1.54) is 4.63 Å². The second-order valence-corrected chi connectivity index (χ2v) is 4.75. The summed E-state index contributed by atoms with van der Waals surface area (Å²) in [4.78, 5) is 12.8. The molecule has 8 heteroatoms. The first-order valence-corrected chi connectivity index (χ1v) is 6.24. The standard InChI is InChI=1S/C11H14N6O2/c18-11(19)7-8-3-5-16(6-4-8)10-2-1-9-12-14-15-17(9)13-10/h1-2,8H,3-7H2,(H,18,19). The molecule has 0 saturated carbocycles. The van der Waals surface area contributed by atoms with Crippen LogP contribution in [0.25, 0.3) is 5.65 Å². The van der Waals surface area contributed by atoms with Crippen molar-refractivity contribution in [2.45, 2.75) is 19.3 Å². The maximum absolute atomic E-state index is 10.7. The third-order valence-electron chi connectivity index (χ3n) is 3.46. The first kappa shape index (κ1) is 11.8. The molecular weight excluding hydrogens is 248 g/mol. The third-order valence-corrected chi connectivity index (χ3v) is 3.46. The summed E-state index contributed by atoms with van der Waals surface area (Å²) in [5.74, 6) is 0.380. The number of carbonyl (C=O) groups is 1. The van der Waals surface area contributed by atoms with Crippen molar-refractivity contribution in [1.82, 2.24) is 25.3 Å². The molecule has 2 aromatic rings. The number of anilines is 1. The first-order chi connectivity index (χ1) is 9.22. The molecule has 1 saturated heterocycles. The number of hydrogen-bond acceptors (Lipinski definition) is 6. The number of carboxylic acids is 1. The van der Waals surface area contributed by atoms with Crippen molar-refractivity contribution in [3.05, 3.63) is 12.1 Å². The summed E-state index contributed by atoms with van der Waals surface area (Å²) in [6.45, 7) is 1.64. The summed E-state index contributed by atoms with van der Waals surface area (Å²) >= 11 is 0. The summed E-state index contributed by atoms with van der Waals surface area (Å²) in [5, 5.41) is 24.2. The lowest BCUT2D eigenvalue weighted by molar-refractivity contribution is -0.138. The molecule has 0 aliphatic carbocycles. The molecule has 0 spiro atoms. The molecule has 3 rings (SSSR count). The molecule has 1 fully saturated rings. The molecule has 1 aliphatic heterocycles. The zero-order valence-corrected chi connectivity index (χ0v) is 10.3. The lowest BCUT2D eigenvalue weighted by atomic mass is 9.94. The highest BCUT2D eigenvalue weighted by molar-refractivity contribution is 5.67. The number of piperidine rings is 1. The van der Waals surface area contributed by atoms with Gasteiger partial charge in [-0.25, -0.2) is 0 Å². The number of aromatic nitrogens is 5. The van der Waals surface area contributed by atoms with E-state index < -0.39 is 5.97 Å². The van der Waals surface area contributed by atoms with E-state index in [1.807, 2.05) is 12.1 Å². The number of nitrogens with zero attached hydrogens (tertiary/aromatic N) is 6. The van der Waals surface area contributed by atoms with Crippen LogP contribution >= 0.6 is 0 Å². The van der Waals surface area contributed by atoms with Gasteiger partial charge < -0.3 is 10.0 Å². The average Bonchev–Trinajstić information content (AvgIpc) is 2.86. The largest absolute Gasteiger partial charge is 0.481 e. The van der Waals surface area contributed by atoms with Crippen LogP contribution in [0, 0.1) is 5.92 Å². The van der Waals surface area contributed by atoms with Gasteiger partial charge in [0.25, 0.3) is 0 Å². The van der Waals surface area contributed by atoms with Gasteiger partial charge in [-0.15, -0.1) is 14.8 Å². The van der Waals surface area contributed by atoms with Gasteiger partial charge >= 0.3 is 5.97 Å². The number of rotatable bonds is 3. The molecule has 0 unspecified atom stereocenters. The predicted molar refractivity (Wildman–Crippen MR) is 65.8 cm³/mol. The van der Waals surface area contributed by atoms with Gasteiger partial charge in [0.05, 0.1) is 0 Å². The molecule has 8 nitrogen and oxygen atoms in total. The molecule has 3 heterocycles. The van der Waals surface area contributed by atoms with Crippen LogP contribution in [0.2, 0.25) is 0 Å². The number of tetrazole rings is 1. The molecule has 19 heavy (non-hydrogen) atoms. The molecule has 0 atom stereocenters. The number of carboxylic acid groups (broad SMARTS) is 1. The molecule has 0 aromatic carbocycles. The van der Waals surface area contributed by atoms with E-state index in [0.29, 0.717) is 5.65 Å². The van der Waals surface area contributed by atoms with Crippen LogP contribution < -0.4 is 4.90 Å². The second kappa shape index (κ2) is 4.79. The first-order valence-electron chi connectivity index (χ1n) is 6.24. The quantitative estimate of drug-likeness (QED) is 0.844. The summed E-state index contributed by atoms with van der Waals surface area (Å²) in [7, 11) is 0. The fourth-order valence-electron chi connectivity index (χ4n) is 2.42. The Kier molecular flexibility index (Phi) is 2.98. The zero-order chi connectivity index (χ0) is 13.2. The maximum atomic E-state index is 10.7. The van der Waals surface area contributed by atoms with E-state index in [0.717, 1.165) is 31.7 Å². The number of aliphatic carboxylic acids is 1. The molecule has 2 aromatic heterocycles. The molecule has 1 N–H and O–H groups in total. The highest BCUT2D eigenvalue weighted by Gasteiger charge is 2.22. The van der Waals surface area contributed by atoms with Gasteiger partial charge in [-0.2, -0.15) is 0 Å². The van der Waals surface area contributed by atoms with Crippen molar-refractivity contribution in [1.29, 1.82) is 0 Å². The summed E-state index contributed by atoms with van der Waals surface area (Å²) in [5.41, 5.74) is 0.615. The Morgan fingerprint density at radius 1 is 1.37 bits per heavy atom. The van der Waals surface area contributed by atoms with E-state index in [2.05, 4.69) is 25.5 Å². The Hall–Kier alpha value is -2.25. The number of hydrogen-bond donors (Lipinski definition) is 1. The monoisotopic (exact) mass is 262 g/mol. The van der Waals surface area contributed by atoms with Gasteiger partial charge in [-0.05, 0) is 41.3 Å². The Morgan fingerprint density at radius 2 is 2.16 bits per heavy atom. The Bertz CT molecular complexity index is 590. The predicted octanol–water partition coefficient (Wildman–Crippen LogP) is 0.210. The van der Waals surface area contributed by atoms with Crippen LogP contribution in [0.3, 0.4) is 0 Å². The van der Waals surface area contributed by atoms with E-state index in [9.17, 15) is 4.79 Å². The number of fused-ring (bicyclic) bond motifs is 1. The molecule has 0 bridgehead atoms. The van der Waals surface area contributed by atoms with E-state index in [-0.39, 0.29) is 12.3 Å². The van der Waals surface area contributed by atoms with Crippen LogP contribution in [0.4, 0.5) is 5.82 Å². The summed E-state index contributed by atoms with van der Waals surface area (Å²) < 4.78 is 1.40. The van der Waals surface area contributed by atoms with E-state index in [4.69, 9.17) is 5.11 Å². The van der Waals surface area contributed by atoms with E-state index in [1.54, 1.807) is 0 Å². The van der Waals surface area contributed by atoms with Gasteiger partial charge in [0.1, 0.15) is 0 Å². The van der Waals surface area contributed by atoms with Crippen molar-refractivity contribution in [2.24, 2.45) is 5.92 Å². The molecule has 100 valence electrons. The van der Waals surface area contributed by atoms with Crippen LogP contribution in [-0.4, -0.2) is 49.4 Å². The van der Waals surface area contributed by atoms with Gasteiger partial charge in [-0.3, -0.25) is 4.79 Å². The fourth-order valence-corrected chi connectivity index (χ4v) is 2.42. The van der Waals surface area contributed by atoms with Crippen LogP contribution in [0.5, 0.6) is 0 Å². The van der Waals surface area contributed by atoms with Crippen molar-refractivity contribution in [2.75, 3.05) is 18.0 Å². The van der Waals surface area contributed by atoms with Crippen molar-refractivity contribution < 1.29 is 9.90 Å². The van der Waals surface area contributed by atoms with Crippen molar-refractivity contribution >= 4 is 17.4 Å². The second-order valence-electron chi connectivity index (χ2n) is 4.75. The Morgan fingerprint density at radius 3 is 2.89 bits per heavy atom. The summed E-state index contributed by atoms with van der Waals surface area (Å²) in [6.07, 6.45) is 2.01. The Balaban J connectivity index is 1.69. The molecule has 0 amide bonds. The lowest BCUT2D eigenvalue weighted by Gasteiger charge is -2.31.